The number of hydrogen-bond donors (Lipinski definition) is 2. The molecule has 0 bridgehead atoms. The molecule has 1 atom stereocenters. The van der Waals surface area contributed by atoms with Crippen molar-refractivity contribution in [2.24, 2.45) is 22.4 Å². The van der Waals surface area contributed by atoms with E-state index in [-0.39, 0.29) is 18.8 Å². The van der Waals surface area contributed by atoms with Crippen molar-refractivity contribution < 1.29 is 4.74 Å². The van der Waals surface area contributed by atoms with E-state index in [4.69, 9.17) is 16.2 Å². The lowest BCUT2D eigenvalue weighted by molar-refractivity contribution is 0.0407. The van der Waals surface area contributed by atoms with Crippen LogP contribution in [0.25, 0.3) is 0 Å². The maximum absolute atomic E-state index is 5.27. The van der Waals surface area contributed by atoms with Crippen LogP contribution in [0.5, 0.6) is 0 Å². The molecule has 0 fully saturated rings. The third-order valence-corrected chi connectivity index (χ3v) is 1.52. The Labute approximate surface area is 67.6 Å². The van der Waals surface area contributed by atoms with E-state index in [1.54, 1.807) is 0 Å². The summed E-state index contributed by atoms with van der Waals surface area (Å²) >= 11 is 0. The van der Waals surface area contributed by atoms with E-state index in [0.717, 1.165) is 0 Å². The number of hydrogen-bond acceptors (Lipinski definition) is 2. The van der Waals surface area contributed by atoms with Gasteiger partial charge in [0, 0.05) is 0 Å². The molecule has 4 nitrogen and oxygen atoms in total. The summed E-state index contributed by atoms with van der Waals surface area (Å²) in [6, 6.07) is 0. The van der Waals surface area contributed by atoms with E-state index in [1.165, 1.54) is 0 Å². The highest BCUT2D eigenvalue weighted by atomic mass is 16.5. The molecule has 0 aliphatic carbocycles. The van der Waals surface area contributed by atoms with Gasteiger partial charge in [0.1, 0.15) is 6.73 Å². The first-order valence-electron chi connectivity index (χ1n) is 3.71. The lowest BCUT2D eigenvalue weighted by Gasteiger charge is -2.14. The molecule has 0 amide bonds. The zero-order valence-electron chi connectivity index (χ0n) is 7.37. The lowest BCUT2D eigenvalue weighted by Crippen LogP contribution is -2.24. The minimum atomic E-state index is 0.0703. The second-order valence-electron chi connectivity index (χ2n) is 2.83. The zero-order valence-corrected chi connectivity index (χ0v) is 7.37. The van der Waals surface area contributed by atoms with Gasteiger partial charge in [-0.2, -0.15) is 0 Å². The molecule has 4 heteroatoms. The van der Waals surface area contributed by atoms with Crippen LogP contribution in [0.3, 0.4) is 0 Å². The minimum Gasteiger partial charge on any atom is -0.370 e. The molecule has 0 aromatic heterocycles. The van der Waals surface area contributed by atoms with Gasteiger partial charge in [0.25, 0.3) is 0 Å². The second kappa shape index (κ2) is 4.96. The van der Waals surface area contributed by atoms with Gasteiger partial charge in [-0.15, -0.1) is 0 Å². The molecule has 0 radical (unpaired) electrons. The van der Waals surface area contributed by atoms with Crippen molar-refractivity contribution in [1.82, 2.24) is 0 Å². The Kier molecular flexibility index (Phi) is 4.61. The monoisotopic (exact) mass is 159 g/mol. The molecule has 0 aromatic carbocycles. The molecular formula is C7H17N3O. The summed E-state index contributed by atoms with van der Waals surface area (Å²) in [5.74, 6) is 0.560. The van der Waals surface area contributed by atoms with E-state index >= 15 is 0 Å². The van der Waals surface area contributed by atoms with Crippen LogP contribution in [0.1, 0.15) is 20.8 Å². The van der Waals surface area contributed by atoms with E-state index in [9.17, 15) is 0 Å². The highest BCUT2D eigenvalue weighted by molar-refractivity contribution is 5.75. The van der Waals surface area contributed by atoms with Gasteiger partial charge in [0.2, 0.25) is 0 Å². The van der Waals surface area contributed by atoms with Crippen LogP contribution >= 0.6 is 0 Å². The van der Waals surface area contributed by atoms with Gasteiger partial charge in [-0.25, -0.2) is 4.99 Å². The van der Waals surface area contributed by atoms with Gasteiger partial charge in [0.15, 0.2) is 5.96 Å². The van der Waals surface area contributed by atoms with Crippen LogP contribution in [0, 0.1) is 5.92 Å². The highest BCUT2D eigenvalue weighted by Crippen LogP contribution is 2.04. The van der Waals surface area contributed by atoms with Crippen molar-refractivity contribution in [2.75, 3.05) is 6.73 Å². The van der Waals surface area contributed by atoms with Crippen molar-refractivity contribution >= 4 is 5.96 Å². The van der Waals surface area contributed by atoms with Gasteiger partial charge < -0.3 is 16.2 Å². The van der Waals surface area contributed by atoms with Gasteiger partial charge in [0.05, 0.1) is 6.10 Å². The molecule has 0 aromatic rings. The van der Waals surface area contributed by atoms with E-state index in [0.29, 0.717) is 5.92 Å². The van der Waals surface area contributed by atoms with Crippen LogP contribution in [0.15, 0.2) is 4.99 Å². The first-order chi connectivity index (χ1) is 5.04. The topological polar surface area (TPSA) is 73.6 Å². The Balaban J connectivity index is 3.47. The van der Waals surface area contributed by atoms with Gasteiger partial charge in [-0.1, -0.05) is 13.8 Å². The Morgan fingerprint density at radius 3 is 2.27 bits per heavy atom. The molecule has 0 heterocycles. The molecular weight excluding hydrogens is 142 g/mol. The molecule has 1 unspecified atom stereocenters. The van der Waals surface area contributed by atoms with Crippen LogP contribution in [0.2, 0.25) is 0 Å². The summed E-state index contributed by atoms with van der Waals surface area (Å²) in [5, 5.41) is 0. The average molecular weight is 159 g/mol. The number of aliphatic imine (C=N–C) groups is 1. The summed E-state index contributed by atoms with van der Waals surface area (Å²) in [6.07, 6.45) is 0.193. The van der Waals surface area contributed by atoms with Crippen molar-refractivity contribution in [3.05, 3.63) is 0 Å². The Morgan fingerprint density at radius 1 is 1.36 bits per heavy atom. The number of nitrogens with two attached hydrogens (primary N) is 2. The quantitative estimate of drug-likeness (QED) is 0.457. The summed E-state index contributed by atoms with van der Waals surface area (Å²) in [7, 11) is 0. The third kappa shape index (κ3) is 5.66. The minimum absolute atomic E-state index is 0.0703. The van der Waals surface area contributed by atoms with Crippen LogP contribution in [-0.4, -0.2) is 18.8 Å². The first kappa shape index (κ1) is 10.2. The van der Waals surface area contributed by atoms with Gasteiger partial charge in [-0.05, 0) is 12.8 Å². The zero-order chi connectivity index (χ0) is 8.85. The maximum Gasteiger partial charge on any atom is 0.188 e. The summed E-state index contributed by atoms with van der Waals surface area (Å²) in [6.45, 7) is 6.41. The Bertz CT molecular complexity index is 130. The summed E-state index contributed by atoms with van der Waals surface area (Å²) in [5.41, 5.74) is 10.2. The molecule has 0 spiro atoms. The van der Waals surface area contributed by atoms with Crippen LogP contribution < -0.4 is 11.5 Å². The molecule has 0 aliphatic rings. The van der Waals surface area contributed by atoms with Crippen molar-refractivity contribution in [2.45, 2.75) is 26.9 Å². The largest absolute Gasteiger partial charge is 0.370 e. The van der Waals surface area contributed by atoms with Crippen molar-refractivity contribution in [3.8, 4) is 0 Å². The predicted octanol–water partition coefficient (Wildman–Crippen LogP) is 0.278. The smallest absolute Gasteiger partial charge is 0.188 e. The van der Waals surface area contributed by atoms with Gasteiger partial charge in [-0.3, -0.25) is 0 Å². The molecule has 11 heavy (non-hydrogen) atoms. The standard InChI is InChI=1S/C7H17N3O/c1-5(2)6(3)11-4-10-7(8)9/h5-6H,4H2,1-3H3,(H4,8,9,10). The summed E-state index contributed by atoms with van der Waals surface area (Å²) < 4.78 is 5.27. The normalized spacial score (nSPS) is 13.1. The number of ether oxygens (including phenoxy) is 1. The number of rotatable bonds is 4. The molecule has 0 saturated heterocycles. The predicted molar refractivity (Wildman–Crippen MR) is 46.1 cm³/mol. The lowest BCUT2D eigenvalue weighted by atomic mass is 10.1. The highest BCUT2D eigenvalue weighted by Gasteiger charge is 2.05. The van der Waals surface area contributed by atoms with E-state index < -0.39 is 0 Å². The first-order valence-corrected chi connectivity index (χ1v) is 3.71. The van der Waals surface area contributed by atoms with Gasteiger partial charge >= 0.3 is 0 Å². The molecule has 0 saturated carbocycles. The number of nitrogens with zero attached hydrogens (tertiary/aromatic N) is 1. The molecule has 66 valence electrons. The Morgan fingerprint density at radius 2 is 1.91 bits per heavy atom. The maximum atomic E-state index is 5.27. The Hall–Kier alpha value is -0.770. The van der Waals surface area contributed by atoms with Crippen LogP contribution in [-0.2, 0) is 4.74 Å². The third-order valence-electron chi connectivity index (χ3n) is 1.52. The SMILES string of the molecule is CC(C)C(C)OCN=C(N)N. The van der Waals surface area contributed by atoms with E-state index in [2.05, 4.69) is 18.8 Å². The summed E-state index contributed by atoms with van der Waals surface area (Å²) in [4.78, 5) is 3.70. The fraction of sp³-hybridized carbons (Fsp3) is 0.857. The van der Waals surface area contributed by atoms with Crippen molar-refractivity contribution in [3.63, 3.8) is 0 Å². The van der Waals surface area contributed by atoms with E-state index in [1.807, 2.05) is 6.92 Å². The second-order valence-corrected chi connectivity index (χ2v) is 2.83. The molecule has 0 rings (SSSR count). The molecule has 4 N–H and O–H groups in total. The molecule has 0 aliphatic heterocycles. The van der Waals surface area contributed by atoms with Crippen LogP contribution in [0.4, 0.5) is 0 Å². The number of guanidine groups is 1. The fourth-order valence-electron chi connectivity index (χ4n) is 0.422. The fourth-order valence-corrected chi connectivity index (χ4v) is 0.422. The van der Waals surface area contributed by atoms with Crippen molar-refractivity contribution in [1.29, 1.82) is 0 Å². The average Bonchev–Trinajstić information content (AvgIpc) is 1.86.